The number of halogens is 3. The Bertz CT molecular complexity index is 861. The van der Waals surface area contributed by atoms with Gasteiger partial charge in [0.1, 0.15) is 12.2 Å². The summed E-state index contributed by atoms with van der Waals surface area (Å²) in [5, 5.41) is 8.23. The number of hydrogen-bond acceptors (Lipinski definition) is 6. The van der Waals surface area contributed by atoms with Crippen LogP contribution in [0.25, 0.3) is 11.0 Å². The topological polar surface area (TPSA) is 93.9 Å². The zero-order valence-electron chi connectivity index (χ0n) is 16.7. The van der Waals surface area contributed by atoms with E-state index in [-0.39, 0.29) is 12.5 Å². The highest BCUT2D eigenvalue weighted by Crippen LogP contribution is 2.23. The van der Waals surface area contributed by atoms with Gasteiger partial charge < -0.3 is 19.1 Å². The van der Waals surface area contributed by atoms with E-state index in [2.05, 4.69) is 16.0 Å². The predicted molar refractivity (Wildman–Crippen MR) is 101 cm³/mol. The van der Waals surface area contributed by atoms with Gasteiger partial charge in [0.2, 0.25) is 0 Å². The van der Waals surface area contributed by atoms with Gasteiger partial charge in [-0.3, -0.25) is 9.69 Å². The van der Waals surface area contributed by atoms with Crippen molar-refractivity contribution in [1.29, 1.82) is 0 Å². The summed E-state index contributed by atoms with van der Waals surface area (Å²) in [7, 11) is 3.19. The minimum Gasteiger partial charge on any atom is -0.475 e. The number of carboxylic acids is 1. The lowest BCUT2D eigenvalue weighted by molar-refractivity contribution is -0.192. The van der Waals surface area contributed by atoms with E-state index < -0.39 is 12.1 Å². The molecule has 1 saturated heterocycles. The third kappa shape index (κ3) is 6.42. The average Bonchev–Trinajstić information content (AvgIpc) is 3.05. The van der Waals surface area contributed by atoms with Gasteiger partial charge in [-0.2, -0.15) is 13.2 Å². The van der Waals surface area contributed by atoms with Crippen LogP contribution in [0.4, 0.5) is 13.2 Å². The van der Waals surface area contributed by atoms with Gasteiger partial charge in [0.15, 0.2) is 0 Å². The number of alkyl halides is 3. The average molecular weight is 431 g/mol. The number of nitrogens with zero attached hydrogens (tertiary/aromatic N) is 3. The van der Waals surface area contributed by atoms with E-state index in [1.54, 1.807) is 13.3 Å². The first-order valence-corrected chi connectivity index (χ1v) is 9.20. The number of methoxy groups -OCH3 is 2. The van der Waals surface area contributed by atoms with Crippen molar-refractivity contribution in [1.82, 2.24) is 14.5 Å². The molecule has 0 radical (unpaired) electrons. The number of likely N-dealkylation sites (tertiary alicyclic amines) is 1. The Morgan fingerprint density at radius 3 is 2.43 bits per heavy atom. The molecule has 1 aliphatic heterocycles. The number of carbonyl (C=O) groups excluding carboxylic acids is 1. The molecular formula is C19H24F3N3O5. The third-order valence-corrected chi connectivity index (χ3v) is 4.75. The standard InChI is InChI=1S/C17H23N3O3.C2HF3O2/c1-22-14-5-8-19(9-6-14)10-13-11-20(12-16(21)23-2)17-15(13)4-3-7-18-17;3-2(4,5)1(6)7/h3-4,7,11,14H,5-6,8-10,12H2,1-2H3;(H,6,7). The molecule has 3 heterocycles. The zero-order chi connectivity index (χ0) is 22.3. The van der Waals surface area contributed by atoms with Crippen LogP contribution in [0.3, 0.4) is 0 Å². The van der Waals surface area contributed by atoms with Crippen LogP contribution in [0.5, 0.6) is 0 Å². The molecular weight excluding hydrogens is 407 g/mol. The number of ether oxygens (including phenoxy) is 2. The van der Waals surface area contributed by atoms with Crippen molar-refractivity contribution in [3.05, 3.63) is 30.1 Å². The molecule has 11 heteroatoms. The molecule has 1 aliphatic rings. The fraction of sp³-hybridized carbons (Fsp3) is 0.526. The summed E-state index contributed by atoms with van der Waals surface area (Å²) in [5.74, 6) is -3.02. The molecule has 1 fully saturated rings. The molecule has 0 unspecified atom stereocenters. The van der Waals surface area contributed by atoms with E-state index >= 15 is 0 Å². The van der Waals surface area contributed by atoms with E-state index in [1.165, 1.54) is 12.7 Å². The minimum atomic E-state index is -5.08. The van der Waals surface area contributed by atoms with Gasteiger partial charge in [-0.25, -0.2) is 9.78 Å². The fourth-order valence-electron chi connectivity index (χ4n) is 3.19. The monoisotopic (exact) mass is 431 g/mol. The number of pyridine rings is 1. The quantitative estimate of drug-likeness (QED) is 0.727. The predicted octanol–water partition coefficient (Wildman–Crippen LogP) is 2.45. The Labute approximate surface area is 171 Å². The summed E-state index contributed by atoms with van der Waals surface area (Å²) in [6.07, 6.45) is 1.21. The first-order chi connectivity index (χ1) is 14.2. The number of carboxylic acid groups (broad SMARTS) is 1. The summed E-state index contributed by atoms with van der Waals surface area (Å²) in [4.78, 5) is 27.3. The van der Waals surface area contributed by atoms with Crippen molar-refractivity contribution in [2.75, 3.05) is 27.3 Å². The summed E-state index contributed by atoms with van der Waals surface area (Å²) < 4.78 is 43.8. The minimum absolute atomic E-state index is 0.190. The van der Waals surface area contributed by atoms with Crippen molar-refractivity contribution < 1.29 is 37.3 Å². The van der Waals surface area contributed by atoms with Crippen molar-refractivity contribution in [2.24, 2.45) is 0 Å². The van der Waals surface area contributed by atoms with Gasteiger partial charge >= 0.3 is 18.1 Å². The number of esters is 1. The maximum Gasteiger partial charge on any atom is 0.490 e. The Morgan fingerprint density at radius 1 is 1.27 bits per heavy atom. The van der Waals surface area contributed by atoms with Crippen molar-refractivity contribution in [2.45, 2.75) is 38.2 Å². The van der Waals surface area contributed by atoms with E-state index in [0.717, 1.165) is 43.5 Å². The number of hydrogen-bond donors (Lipinski definition) is 1. The molecule has 8 nitrogen and oxygen atoms in total. The Balaban J connectivity index is 0.000000396. The van der Waals surface area contributed by atoms with E-state index in [0.29, 0.717) is 6.10 Å². The molecule has 166 valence electrons. The number of aromatic nitrogens is 2. The molecule has 0 aliphatic carbocycles. The fourth-order valence-corrected chi connectivity index (χ4v) is 3.19. The molecule has 0 amide bonds. The molecule has 0 spiro atoms. The lowest BCUT2D eigenvalue weighted by Crippen LogP contribution is -2.36. The molecule has 0 atom stereocenters. The van der Waals surface area contributed by atoms with Crippen LogP contribution in [0, 0.1) is 0 Å². The molecule has 0 saturated carbocycles. The van der Waals surface area contributed by atoms with Crippen molar-refractivity contribution >= 4 is 23.0 Å². The zero-order valence-corrected chi connectivity index (χ0v) is 16.7. The largest absolute Gasteiger partial charge is 0.490 e. The summed E-state index contributed by atoms with van der Waals surface area (Å²) in [5.41, 5.74) is 2.03. The van der Waals surface area contributed by atoms with Crippen LogP contribution < -0.4 is 0 Å². The molecule has 0 bridgehead atoms. The van der Waals surface area contributed by atoms with Gasteiger partial charge in [-0.15, -0.1) is 0 Å². The number of aliphatic carboxylic acids is 1. The Hall–Kier alpha value is -2.66. The number of piperidine rings is 1. The second-order valence-electron chi connectivity index (χ2n) is 6.75. The summed E-state index contributed by atoms with van der Waals surface area (Å²) >= 11 is 0. The lowest BCUT2D eigenvalue weighted by atomic mass is 10.1. The second-order valence-corrected chi connectivity index (χ2v) is 6.75. The van der Waals surface area contributed by atoms with Crippen molar-refractivity contribution in [3.8, 4) is 0 Å². The van der Waals surface area contributed by atoms with Crippen LogP contribution in [-0.4, -0.2) is 71.1 Å². The van der Waals surface area contributed by atoms with Gasteiger partial charge in [0, 0.05) is 44.5 Å². The normalized spacial score (nSPS) is 15.5. The first kappa shape index (κ1) is 23.6. The maximum atomic E-state index is 11.6. The number of carbonyl (C=O) groups is 2. The van der Waals surface area contributed by atoms with Crippen molar-refractivity contribution in [3.63, 3.8) is 0 Å². The summed E-state index contributed by atoms with van der Waals surface area (Å²) in [6.45, 7) is 3.12. The highest BCUT2D eigenvalue weighted by molar-refractivity contribution is 5.82. The molecule has 30 heavy (non-hydrogen) atoms. The number of rotatable bonds is 5. The van der Waals surface area contributed by atoms with Crippen LogP contribution in [0.2, 0.25) is 0 Å². The Kier molecular flexibility index (Phi) is 8.18. The SMILES string of the molecule is COC(=O)Cn1cc(CN2CCC(OC)CC2)c2cccnc21.O=C(O)C(F)(F)F. The van der Waals surface area contributed by atoms with Gasteiger partial charge in [-0.05, 0) is 30.5 Å². The van der Waals surface area contributed by atoms with E-state index in [1.807, 2.05) is 16.8 Å². The second kappa shape index (κ2) is 10.4. The van der Waals surface area contributed by atoms with Gasteiger partial charge in [0.25, 0.3) is 0 Å². The third-order valence-electron chi connectivity index (χ3n) is 4.75. The molecule has 1 N–H and O–H groups in total. The molecule has 0 aromatic carbocycles. The highest BCUT2D eigenvalue weighted by Gasteiger charge is 2.38. The Morgan fingerprint density at radius 2 is 1.90 bits per heavy atom. The van der Waals surface area contributed by atoms with Gasteiger partial charge in [-0.1, -0.05) is 0 Å². The van der Waals surface area contributed by atoms with Crippen LogP contribution >= 0.6 is 0 Å². The molecule has 2 aromatic rings. The molecule has 2 aromatic heterocycles. The van der Waals surface area contributed by atoms with Crippen LogP contribution in [-0.2, 0) is 32.2 Å². The van der Waals surface area contributed by atoms with Crippen LogP contribution in [0.15, 0.2) is 24.5 Å². The van der Waals surface area contributed by atoms with E-state index in [4.69, 9.17) is 19.4 Å². The smallest absolute Gasteiger partial charge is 0.475 e. The number of fused-ring (bicyclic) bond motifs is 1. The summed E-state index contributed by atoms with van der Waals surface area (Å²) in [6, 6.07) is 4.00. The lowest BCUT2D eigenvalue weighted by Gasteiger charge is -2.30. The highest BCUT2D eigenvalue weighted by atomic mass is 19.4. The van der Waals surface area contributed by atoms with E-state index in [9.17, 15) is 18.0 Å². The van der Waals surface area contributed by atoms with Gasteiger partial charge in [0.05, 0.1) is 13.2 Å². The van der Waals surface area contributed by atoms with Crippen LogP contribution in [0.1, 0.15) is 18.4 Å². The molecule has 3 rings (SSSR count). The maximum absolute atomic E-state index is 11.6. The first-order valence-electron chi connectivity index (χ1n) is 9.20.